The van der Waals surface area contributed by atoms with Crippen molar-refractivity contribution in [2.24, 2.45) is 11.1 Å². The normalized spacial score (nSPS) is 24.1. The van der Waals surface area contributed by atoms with Gasteiger partial charge in [-0.25, -0.2) is 0 Å². The molecule has 0 aromatic rings. The highest BCUT2D eigenvalue weighted by molar-refractivity contribution is 7.86. The lowest BCUT2D eigenvalue weighted by atomic mass is 9.86. The fourth-order valence-corrected chi connectivity index (χ4v) is 4.46. The van der Waals surface area contributed by atoms with Crippen molar-refractivity contribution in [3.63, 3.8) is 0 Å². The van der Waals surface area contributed by atoms with Crippen LogP contribution in [-0.4, -0.2) is 98.2 Å². The highest BCUT2D eigenvalue weighted by Gasteiger charge is 2.37. The number of hydrogen-bond acceptors (Lipinski definition) is 5. The predicted octanol–water partition coefficient (Wildman–Crippen LogP) is -1.00. The van der Waals surface area contributed by atoms with Gasteiger partial charge in [0, 0.05) is 52.4 Å². The molecular weight excluding hydrogens is 330 g/mol. The van der Waals surface area contributed by atoms with Gasteiger partial charge in [0.1, 0.15) is 0 Å². The number of amides is 1. The molecule has 0 bridgehead atoms. The summed E-state index contributed by atoms with van der Waals surface area (Å²) in [5, 5.41) is 0. The minimum atomic E-state index is -3.44. The zero-order chi connectivity index (χ0) is 18.1. The van der Waals surface area contributed by atoms with Crippen molar-refractivity contribution < 1.29 is 13.2 Å². The van der Waals surface area contributed by atoms with Crippen molar-refractivity contribution in [3.05, 3.63) is 0 Å². The summed E-state index contributed by atoms with van der Waals surface area (Å²) >= 11 is 0. The van der Waals surface area contributed by atoms with E-state index in [-0.39, 0.29) is 11.3 Å². The van der Waals surface area contributed by atoms with Gasteiger partial charge in [0.05, 0.1) is 6.04 Å². The van der Waals surface area contributed by atoms with Crippen molar-refractivity contribution in [2.45, 2.75) is 26.8 Å². The molecule has 2 heterocycles. The minimum absolute atomic E-state index is 0.0980. The van der Waals surface area contributed by atoms with Gasteiger partial charge in [-0.1, -0.05) is 20.8 Å². The van der Waals surface area contributed by atoms with Crippen LogP contribution < -0.4 is 5.73 Å². The van der Waals surface area contributed by atoms with Crippen molar-refractivity contribution in [3.8, 4) is 0 Å². The predicted molar refractivity (Wildman–Crippen MR) is 93.6 cm³/mol. The van der Waals surface area contributed by atoms with Crippen molar-refractivity contribution >= 4 is 16.1 Å². The molecular formula is C15H31N5O3S. The molecule has 0 aromatic heterocycles. The molecule has 0 saturated carbocycles. The monoisotopic (exact) mass is 361 g/mol. The Bertz CT molecular complexity index is 544. The molecule has 2 N–H and O–H groups in total. The smallest absolute Gasteiger partial charge is 0.282 e. The third-order valence-corrected chi connectivity index (χ3v) is 6.90. The zero-order valence-electron chi connectivity index (χ0n) is 15.2. The van der Waals surface area contributed by atoms with E-state index in [1.165, 1.54) is 4.31 Å². The lowest BCUT2D eigenvalue weighted by Crippen LogP contribution is -2.59. The lowest BCUT2D eigenvalue weighted by Gasteiger charge is -2.40. The molecule has 140 valence electrons. The molecule has 2 saturated heterocycles. The standard InChI is InChI=1S/C15H31N5O3S/c1-15(2,3)13(16)14(21)18-7-11-20(12-8-18)24(22,23)19-9-5-17(4)6-10-19/h13H,5-12,16H2,1-4H3/t13-/m1/s1. The molecule has 9 heteroatoms. The Morgan fingerprint density at radius 2 is 1.33 bits per heavy atom. The van der Waals surface area contributed by atoms with Crippen LogP contribution in [0.25, 0.3) is 0 Å². The van der Waals surface area contributed by atoms with E-state index in [0.717, 1.165) is 13.1 Å². The SMILES string of the molecule is CN1CCN(S(=O)(=O)N2CCN(C(=O)[C@@H](N)C(C)(C)C)CC2)CC1. The quantitative estimate of drug-likeness (QED) is 0.696. The van der Waals surface area contributed by atoms with E-state index in [4.69, 9.17) is 5.73 Å². The molecule has 2 rings (SSSR count). The summed E-state index contributed by atoms with van der Waals surface area (Å²) in [6.07, 6.45) is 0. The fraction of sp³-hybridized carbons (Fsp3) is 0.933. The van der Waals surface area contributed by atoms with Crippen LogP contribution in [0.5, 0.6) is 0 Å². The Kier molecular flexibility index (Phi) is 5.91. The van der Waals surface area contributed by atoms with E-state index in [1.807, 2.05) is 27.8 Å². The summed E-state index contributed by atoms with van der Waals surface area (Å²) in [6.45, 7) is 9.80. The minimum Gasteiger partial charge on any atom is -0.339 e. The topological polar surface area (TPSA) is 90.2 Å². The number of nitrogens with two attached hydrogens (primary N) is 1. The van der Waals surface area contributed by atoms with E-state index in [9.17, 15) is 13.2 Å². The second-order valence-electron chi connectivity index (χ2n) is 7.78. The summed E-state index contributed by atoms with van der Waals surface area (Å²) in [5.41, 5.74) is 5.73. The molecule has 2 aliphatic heterocycles. The van der Waals surface area contributed by atoms with E-state index in [0.29, 0.717) is 39.3 Å². The first-order valence-corrected chi connectivity index (χ1v) is 9.91. The maximum atomic E-state index is 12.7. The van der Waals surface area contributed by atoms with Crippen molar-refractivity contribution in [2.75, 3.05) is 59.4 Å². The summed E-state index contributed by atoms with van der Waals surface area (Å²) in [4.78, 5) is 16.3. The molecule has 1 amide bonds. The van der Waals surface area contributed by atoms with Gasteiger partial charge in [0.15, 0.2) is 0 Å². The van der Waals surface area contributed by atoms with Gasteiger partial charge in [-0.05, 0) is 12.5 Å². The van der Waals surface area contributed by atoms with E-state index >= 15 is 0 Å². The molecule has 0 aromatic carbocycles. The molecule has 8 nitrogen and oxygen atoms in total. The summed E-state index contributed by atoms with van der Waals surface area (Å²) in [7, 11) is -1.44. The fourth-order valence-electron chi connectivity index (χ4n) is 2.89. The lowest BCUT2D eigenvalue weighted by molar-refractivity contribution is -0.136. The van der Waals surface area contributed by atoms with Crippen LogP contribution in [-0.2, 0) is 15.0 Å². The Labute approximate surface area is 145 Å². The summed E-state index contributed by atoms with van der Waals surface area (Å²) < 4.78 is 28.5. The second-order valence-corrected chi connectivity index (χ2v) is 9.71. The van der Waals surface area contributed by atoms with Crippen LogP contribution in [0.15, 0.2) is 0 Å². The van der Waals surface area contributed by atoms with Gasteiger partial charge in [0.2, 0.25) is 5.91 Å². The van der Waals surface area contributed by atoms with Gasteiger partial charge in [-0.15, -0.1) is 0 Å². The van der Waals surface area contributed by atoms with Crippen LogP contribution in [0.3, 0.4) is 0 Å². The first kappa shape index (κ1) is 19.6. The first-order valence-electron chi connectivity index (χ1n) is 8.51. The van der Waals surface area contributed by atoms with E-state index in [2.05, 4.69) is 4.90 Å². The molecule has 2 aliphatic rings. The van der Waals surface area contributed by atoms with Crippen LogP contribution >= 0.6 is 0 Å². The van der Waals surface area contributed by atoms with Gasteiger partial charge in [-0.3, -0.25) is 4.79 Å². The summed E-state index contributed by atoms with van der Waals surface area (Å²) in [5.74, 6) is -0.0980. The number of piperazine rings is 2. The molecule has 2 fully saturated rings. The molecule has 0 spiro atoms. The Hall–Kier alpha value is -0.740. The number of nitrogens with zero attached hydrogens (tertiary/aromatic N) is 4. The van der Waals surface area contributed by atoms with Crippen molar-refractivity contribution in [1.29, 1.82) is 0 Å². The molecule has 0 aliphatic carbocycles. The van der Waals surface area contributed by atoms with Gasteiger partial charge < -0.3 is 15.5 Å². The van der Waals surface area contributed by atoms with Crippen molar-refractivity contribution in [1.82, 2.24) is 18.4 Å². The third kappa shape index (κ3) is 4.26. The first-order chi connectivity index (χ1) is 11.0. The number of carbonyl (C=O) groups excluding carboxylic acids is 1. The third-order valence-electron chi connectivity index (χ3n) is 4.86. The zero-order valence-corrected chi connectivity index (χ0v) is 16.0. The van der Waals surface area contributed by atoms with Crippen LogP contribution in [0.2, 0.25) is 0 Å². The second kappa shape index (κ2) is 7.25. The maximum Gasteiger partial charge on any atom is 0.282 e. The molecule has 0 unspecified atom stereocenters. The van der Waals surface area contributed by atoms with Crippen LogP contribution in [0.1, 0.15) is 20.8 Å². The Balaban J connectivity index is 1.93. The highest BCUT2D eigenvalue weighted by Crippen LogP contribution is 2.21. The Morgan fingerprint density at radius 3 is 1.75 bits per heavy atom. The Morgan fingerprint density at radius 1 is 0.917 bits per heavy atom. The molecule has 1 atom stereocenters. The van der Waals surface area contributed by atoms with Gasteiger partial charge >= 0.3 is 0 Å². The number of carbonyl (C=O) groups is 1. The van der Waals surface area contributed by atoms with E-state index < -0.39 is 16.3 Å². The average Bonchev–Trinajstić information content (AvgIpc) is 2.53. The summed E-state index contributed by atoms with van der Waals surface area (Å²) in [6, 6.07) is -0.571. The number of likely N-dealkylation sites (N-methyl/N-ethyl adjacent to an activating group) is 1. The number of hydrogen-bond donors (Lipinski definition) is 1. The van der Waals surface area contributed by atoms with Gasteiger partial charge in [-0.2, -0.15) is 17.0 Å². The average molecular weight is 362 g/mol. The number of rotatable bonds is 3. The highest BCUT2D eigenvalue weighted by atomic mass is 32.2. The van der Waals surface area contributed by atoms with Gasteiger partial charge in [0.25, 0.3) is 10.2 Å². The largest absolute Gasteiger partial charge is 0.339 e. The van der Waals surface area contributed by atoms with E-state index in [1.54, 1.807) is 9.21 Å². The van der Waals surface area contributed by atoms with Crippen LogP contribution in [0.4, 0.5) is 0 Å². The molecule has 24 heavy (non-hydrogen) atoms. The van der Waals surface area contributed by atoms with Crippen LogP contribution in [0, 0.1) is 5.41 Å². The maximum absolute atomic E-state index is 12.7. The molecule has 0 radical (unpaired) electrons.